The minimum atomic E-state index is -0.289. The molecule has 1 unspecified atom stereocenters. The predicted molar refractivity (Wildman–Crippen MR) is 70.2 cm³/mol. The van der Waals surface area contributed by atoms with Gasteiger partial charge in [-0.05, 0) is 37.6 Å². The van der Waals surface area contributed by atoms with Crippen molar-refractivity contribution in [3.8, 4) is 0 Å². The highest BCUT2D eigenvalue weighted by molar-refractivity contribution is 5.79. The summed E-state index contributed by atoms with van der Waals surface area (Å²) in [6.45, 7) is 5.46. The fraction of sp³-hybridized carbons (Fsp3) is 0.462. The lowest BCUT2D eigenvalue weighted by atomic mass is 10.1. The Balaban J connectivity index is 2.76. The Bertz CT molecular complexity index is 379. The number of carbonyl (C=O) groups is 1. The van der Waals surface area contributed by atoms with Crippen molar-refractivity contribution < 1.29 is 4.79 Å². The molecule has 4 N–H and O–H groups in total. The summed E-state index contributed by atoms with van der Waals surface area (Å²) in [6.07, 6.45) is 0.986. The van der Waals surface area contributed by atoms with Crippen LogP contribution in [0.3, 0.4) is 0 Å². The van der Waals surface area contributed by atoms with Gasteiger partial charge in [0, 0.05) is 12.2 Å². The maximum Gasteiger partial charge on any atom is 0.234 e. The summed E-state index contributed by atoms with van der Waals surface area (Å²) in [6, 6.07) is 7.45. The largest absolute Gasteiger partial charge is 0.399 e. The van der Waals surface area contributed by atoms with Gasteiger partial charge in [-0.1, -0.05) is 19.1 Å². The first-order chi connectivity index (χ1) is 8.04. The zero-order valence-electron chi connectivity index (χ0n) is 10.5. The van der Waals surface area contributed by atoms with Crippen molar-refractivity contribution in [2.75, 3.05) is 12.3 Å². The number of nitrogens with zero attached hydrogens (tertiary/aromatic N) is 1. The first-order valence-corrected chi connectivity index (χ1v) is 5.92. The van der Waals surface area contributed by atoms with Gasteiger partial charge < -0.3 is 11.5 Å². The molecule has 1 rings (SSSR count). The van der Waals surface area contributed by atoms with Crippen LogP contribution >= 0.6 is 0 Å². The van der Waals surface area contributed by atoms with Gasteiger partial charge in [-0.15, -0.1) is 0 Å². The lowest BCUT2D eigenvalue weighted by molar-refractivity contribution is -0.122. The summed E-state index contributed by atoms with van der Waals surface area (Å²) >= 11 is 0. The van der Waals surface area contributed by atoms with Crippen molar-refractivity contribution in [1.29, 1.82) is 0 Å². The van der Waals surface area contributed by atoms with Gasteiger partial charge in [-0.3, -0.25) is 9.69 Å². The minimum absolute atomic E-state index is 0.253. The van der Waals surface area contributed by atoms with Crippen LogP contribution in [-0.2, 0) is 11.3 Å². The highest BCUT2D eigenvalue weighted by Crippen LogP contribution is 2.12. The maximum absolute atomic E-state index is 11.2. The normalized spacial score (nSPS) is 12.6. The molecule has 1 aromatic rings. The quantitative estimate of drug-likeness (QED) is 0.731. The molecule has 0 fully saturated rings. The number of nitrogens with two attached hydrogens (primary N) is 2. The van der Waals surface area contributed by atoms with Crippen LogP contribution in [0.4, 0.5) is 5.69 Å². The smallest absolute Gasteiger partial charge is 0.234 e. The lowest BCUT2D eigenvalue weighted by Gasteiger charge is -2.26. The van der Waals surface area contributed by atoms with Crippen molar-refractivity contribution >= 4 is 11.6 Å². The van der Waals surface area contributed by atoms with Crippen LogP contribution in [0, 0.1) is 0 Å². The number of rotatable bonds is 6. The molecule has 4 nitrogen and oxygen atoms in total. The molecule has 0 bridgehead atoms. The number of hydrogen-bond donors (Lipinski definition) is 2. The third-order valence-corrected chi connectivity index (χ3v) is 2.81. The number of carbonyl (C=O) groups excluding carboxylic acids is 1. The van der Waals surface area contributed by atoms with Crippen LogP contribution in [0.1, 0.15) is 25.8 Å². The second-order valence-corrected chi connectivity index (χ2v) is 4.29. The van der Waals surface area contributed by atoms with Crippen LogP contribution in [0.5, 0.6) is 0 Å². The Morgan fingerprint density at radius 1 is 1.47 bits per heavy atom. The first kappa shape index (κ1) is 13.5. The standard InChI is InChI=1S/C13H21N3O/c1-3-7-16(10(2)13(15)17)9-11-5-4-6-12(14)8-11/h4-6,8,10H,3,7,9,14H2,1-2H3,(H2,15,17). The van der Waals surface area contributed by atoms with Crippen molar-refractivity contribution in [1.82, 2.24) is 4.90 Å². The Hall–Kier alpha value is -1.55. The third kappa shape index (κ3) is 4.07. The molecule has 4 heteroatoms. The van der Waals surface area contributed by atoms with Crippen LogP contribution in [0.25, 0.3) is 0 Å². The van der Waals surface area contributed by atoms with Gasteiger partial charge in [0.25, 0.3) is 0 Å². The first-order valence-electron chi connectivity index (χ1n) is 5.92. The van der Waals surface area contributed by atoms with E-state index in [9.17, 15) is 4.79 Å². The van der Waals surface area contributed by atoms with Crippen molar-refractivity contribution in [3.63, 3.8) is 0 Å². The van der Waals surface area contributed by atoms with Gasteiger partial charge in [0.2, 0.25) is 5.91 Å². The van der Waals surface area contributed by atoms with Crippen molar-refractivity contribution in [3.05, 3.63) is 29.8 Å². The molecule has 1 amide bonds. The zero-order valence-corrected chi connectivity index (χ0v) is 10.5. The van der Waals surface area contributed by atoms with E-state index in [2.05, 4.69) is 11.8 Å². The van der Waals surface area contributed by atoms with Crippen LogP contribution in [0.2, 0.25) is 0 Å². The van der Waals surface area contributed by atoms with Gasteiger partial charge in [0.05, 0.1) is 6.04 Å². The molecule has 0 aliphatic heterocycles. The number of primary amides is 1. The molecule has 1 atom stereocenters. The van der Waals surface area contributed by atoms with E-state index in [1.54, 1.807) is 0 Å². The fourth-order valence-electron chi connectivity index (χ4n) is 1.80. The summed E-state index contributed by atoms with van der Waals surface area (Å²) in [4.78, 5) is 13.3. The van der Waals surface area contributed by atoms with Gasteiger partial charge in [0.1, 0.15) is 0 Å². The summed E-state index contributed by atoms with van der Waals surface area (Å²) in [5.41, 5.74) is 12.9. The molecule has 0 saturated carbocycles. The Morgan fingerprint density at radius 3 is 2.71 bits per heavy atom. The maximum atomic E-state index is 11.2. The third-order valence-electron chi connectivity index (χ3n) is 2.81. The molecule has 0 heterocycles. The second-order valence-electron chi connectivity index (χ2n) is 4.29. The number of amides is 1. The van der Waals surface area contributed by atoms with Crippen LogP contribution in [-0.4, -0.2) is 23.4 Å². The molecule has 0 aliphatic rings. The van der Waals surface area contributed by atoms with Gasteiger partial charge in [0.15, 0.2) is 0 Å². The lowest BCUT2D eigenvalue weighted by Crippen LogP contribution is -2.42. The molecule has 1 aromatic carbocycles. The van der Waals surface area contributed by atoms with E-state index in [1.165, 1.54) is 0 Å². The number of hydrogen-bond acceptors (Lipinski definition) is 3. The second kappa shape index (κ2) is 6.25. The zero-order chi connectivity index (χ0) is 12.8. The topological polar surface area (TPSA) is 72.3 Å². The molecule has 17 heavy (non-hydrogen) atoms. The van der Waals surface area contributed by atoms with Crippen LogP contribution < -0.4 is 11.5 Å². The Kier molecular flexibility index (Phi) is 4.97. The fourth-order valence-corrected chi connectivity index (χ4v) is 1.80. The van der Waals surface area contributed by atoms with E-state index in [1.807, 2.05) is 31.2 Å². The van der Waals surface area contributed by atoms with E-state index in [0.717, 1.165) is 24.2 Å². The Morgan fingerprint density at radius 2 is 2.18 bits per heavy atom. The van der Waals surface area contributed by atoms with Crippen LogP contribution in [0.15, 0.2) is 24.3 Å². The number of nitrogen functional groups attached to an aromatic ring is 1. The van der Waals surface area contributed by atoms with Gasteiger partial charge in [-0.2, -0.15) is 0 Å². The molecule has 0 saturated heterocycles. The van der Waals surface area contributed by atoms with Gasteiger partial charge in [-0.25, -0.2) is 0 Å². The van der Waals surface area contributed by atoms with E-state index >= 15 is 0 Å². The average molecular weight is 235 g/mol. The van der Waals surface area contributed by atoms with Crippen molar-refractivity contribution in [2.24, 2.45) is 5.73 Å². The van der Waals surface area contributed by atoms with E-state index in [4.69, 9.17) is 11.5 Å². The SMILES string of the molecule is CCCN(Cc1cccc(N)c1)C(C)C(N)=O. The predicted octanol–water partition coefficient (Wildman–Crippen LogP) is 1.35. The highest BCUT2D eigenvalue weighted by atomic mass is 16.1. The minimum Gasteiger partial charge on any atom is -0.399 e. The molecule has 0 aliphatic carbocycles. The van der Waals surface area contributed by atoms with E-state index in [-0.39, 0.29) is 11.9 Å². The Labute approximate surface area is 103 Å². The van der Waals surface area contributed by atoms with E-state index in [0.29, 0.717) is 6.54 Å². The molecule has 0 aromatic heterocycles. The summed E-state index contributed by atoms with van der Waals surface area (Å²) in [5.74, 6) is -0.289. The van der Waals surface area contributed by atoms with Crippen molar-refractivity contribution in [2.45, 2.75) is 32.9 Å². The highest BCUT2D eigenvalue weighted by Gasteiger charge is 2.18. The molecule has 0 spiro atoms. The molecular weight excluding hydrogens is 214 g/mol. The number of anilines is 1. The molecular formula is C13H21N3O. The summed E-state index contributed by atoms with van der Waals surface area (Å²) < 4.78 is 0. The summed E-state index contributed by atoms with van der Waals surface area (Å²) in [5, 5.41) is 0. The number of benzene rings is 1. The van der Waals surface area contributed by atoms with E-state index < -0.39 is 0 Å². The monoisotopic (exact) mass is 235 g/mol. The molecule has 0 radical (unpaired) electrons. The molecule has 94 valence electrons. The van der Waals surface area contributed by atoms with Gasteiger partial charge >= 0.3 is 0 Å². The summed E-state index contributed by atoms with van der Waals surface area (Å²) in [7, 11) is 0. The average Bonchev–Trinajstić information content (AvgIpc) is 2.27.